The fourth-order valence-corrected chi connectivity index (χ4v) is 2.15. The first kappa shape index (κ1) is 13.7. The Morgan fingerprint density at radius 2 is 2.05 bits per heavy atom. The topological polar surface area (TPSA) is 56.8 Å². The molecule has 0 aliphatic carbocycles. The third-order valence-corrected chi connectivity index (χ3v) is 3.20. The van der Waals surface area contributed by atoms with E-state index in [0.29, 0.717) is 23.8 Å². The average molecular weight is 265 g/mol. The van der Waals surface area contributed by atoms with Gasteiger partial charge in [-0.3, -0.25) is 4.79 Å². The van der Waals surface area contributed by atoms with Crippen molar-refractivity contribution in [2.24, 2.45) is 0 Å². The highest BCUT2D eigenvalue weighted by molar-refractivity contribution is 5.96. The van der Waals surface area contributed by atoms with E-state index in [4.69, 9.17) is 14.2 Å². The van der Waals surface area contributed by atoms with Crippen LogP contribution in [0.4, 0.5) is 5.69 Å². The lowest BCUT2D eigenvalue weighted by molar-refractivity contribution is -0.124. The van der Waals surface area contributed by atoms with E-state index >= 15 is 0 Å². The van der Waals surface area contributed by atoms with Gasteiger partial charge in [0.05, 0.1) is 19.9 Å². The van der Waals surface area contributed by atoms with E-state index in [1.807, 2.05) is 13.0 Å². The van der Waals surface area contributed by atoms with Crippen LogP contribution in [0.15, 0.2) is 12.1 Å². The zero-order valence-corrected chi connectivity index (χ0v) is 11.5. The van der Waals surface area contributed by atoms with Crippen molar-refractivity contribution in [1.82, 2.24) is 0 Å². The molecule has 5 nitrogen and oxygen atoms in total. The minimum Gasteiger partial charge on any atom is -0.496 e. The highest BCUT2D eigenvalue weighted by Crippen LogP contribution is 2.32. The third kappa shape index (κ3) is 2.98. The summed E-state index contributed by atoms with van der Waals surface area (Å²) in [5, 5.41) is 2.84. The highest BCUT2D eigenvalue weighted by atomic mass is 16.5. The molecule has 1 aromatic carbocycles. The Morgan fingerprint density at radius 1 is 1.32 bits per heavy atom. The van der Waals surface area contributed by atoms with Crippen molar-refractivity contribution in [2.75, 3.05) is 26.1 Å². The summed E-state index contributed by atoms with van der Waals surface area (Å²) in [6.07, 6.45) is 1.32. The maximum atomic E-state index is 12.0. The van der Waals surface area contributed by atoms with Crippen LogP contribution in [-0.4, -0.2) is 32.8 Å². The van der Waals surface area contributed by atoms with Crippen LogP contribution in [-0.2, 0) is 9.53 Å². The number of hydrogen-bond donors (Lipinski definition) is 1. The maximum absolute atomic E-state index is 12.0. The second kappa shape index (κ2) is 5.93. The lowest BCUT2D eigenvalue weighted by Gasteiger charge is -2.15. The molecule has 104 valence electrons. The Labute approximate surface area is 112 Å². The molecule has 1 aromatic rings. The SMILES string of the molecule is COc1cc(NC(=O)C2CCCO2)c(OC)cc1C. The first-order valence-corrected chi connectivity index (χ1v) is 6.30. The van der Waals surface area contributed by atoms with Gasteiger partial charge in [-0.15, -0.1) is 0 Å². The Morgan fingerprint density at radius 3 is 2.63 bits per heavy atom. The van der Waals surface area contributed by atoms with Crippen LogP contribution in [0.2, 0.25) is 0 Å². The van der Waals surface area contributed by atoms with Crippen molar-refractivity contribution in [3.63, 3.8) is 0 Å². The van der Waals surface area contributed by atoms with Gasteiger partial charge in [-0.1, -0.05) is 0 Å². The molecule has 2 rings (SSSR count). The molecule has 0 radical (unpaired) electrons. The molecule has 19 heavy (non-hydrogen) atoms. The second-order valence-corrected chi connectivity index (χ2v) is 4.51. The minimum atomic E-state index is -0.364. The van der Waals surface area contributed by atoms with E-state index in [0.717, 1.165) is 18.4 Å². The van der Waals surface area contributed by atoms with Gasteiger partial charge in [-0.25, -0.2) is 0 Å². The minimum absolute atomic E-state index is 0.137. The van der Waals surface area contributed by atoms with E-state index < -0.39 is 0 Å². The lowest BCUT2D eigenvalue weighted by Crippen LogP contribution is -2.27. The molecular weight excluding hydrogens is 246 g/mol. The second-order valence-electron chi connectivity index (χ2n) is 4.51. The molecule has 1 N–H and O–H groups in total. The molecule has 0 spiro atoms. The molecule has 1 saturated heterocycles. The number of ether oxygens (including phenoxy) is 3. The van der Waals surface area contributed by atoms with Gasteiger partial charge in [-0.2, -0.15) is 0 Å². The fraction of sp³-hybridized carbons (Fsp3) is 0.500. The van der Waals surface area contributed by atoms with Crippen LogP contribution in [0.1, 0.15) is 18.4 Å². The number of hydrogen-bond acceptors (Lipinski definition) is 4. The van der Waals surface area contributed by atoms with Gasteiger partial charge in [0.25, 0.3) is 5.91 Å². The predicted octanol–water partition coefficient (Wildman–Crippen LogP) is 2.13. The number of aryl methyl sites for hydroxylation is 1. The largest absolute Gasteiger partial charge is 0.496 e. The highest BCUT2D eigenvalue weighted by Gasteiger charge is 2.24. The summed E-state index contributed by atoms with van der Waals surface area (Å²) in [5.41, 5.74) is 1.56. The Balaban J connectivity index is 2.20. The quantitative estimate of drug-likeness (QED) is 0.906. The standard InChI is InChI=1S/C14H19NO4/c1-9-7-13(18-3)10(8-12(9)17-2)15-14(16)11-5-4-6-19-11/h7-8,11H,4-6H2,1-3H3,(H,15,16). The normalized spacial score (nSPS) is 18.2. The molecular formula is C14H19NO4. The summed E-state index contributed by atoms with van der Waals surface area (Å²) < 4.78 is 15.9. The Bertz CT molecular complexity index is 467. The third-order valence-electron chi connectivity index (χ3n) is 3.20. The number of rotatable bonds is 4. The molecule has 1 aliphatic rings. The van der Waals surface area contributed by atoms with Crippen LogP contribution in [0.5, 0.6) is 11.5 Å². The average Bonchev–Trinajstić information content (AvgIpc) is 2.94. The van der Waals surface area contributed by atoms with Gasteiger partial charge < -0.3 is 19.5 Å². The van der Waals surface area contributed by atoms with Gasteiger partial charge in [0.15, 0.2) is 0 Å². The summed E-state index contributed by atoms with van der Waals surface area (Å²) in [6, 6.07) is 3.60. The van der Waals surface area contributed by atoms with Crippen LogP contribution in [0.3, 0.4) is 0 Å². The first-order chi connectivity index (χ1) is 9.15. The number of carbonyl (C=O) groups excluding carboxylic acids is 1. The van der Waals surface area contributed by atoms with Crippen LogP contribution in [0.25, 0.3) is 0 Å². The fourth-order valence-electron chi connectivity index (χ4n) is 2.15. The number of methoxy groups -OCH3 is 2. The molecule has 0 saturated carbocycles. The van der Waals surface area contributed by atoms with E-state index in [9.17, 15) is 4.79 Å². The van der Waals surface area contributed by atoms with Crippen LogP contribution in [0, 0.1) is 6.92 Å². The van der Waals surface area contributed by atoms with Crippen molar-refractivity contribution in [3.05, 3.63) is 17.7 Å². The zero-order valence-electron chi connectivity index (χ0n) is 11.5. The van der Waals surface area contributed by atoms with Crippen LogP contribution >= 0.6 is 0 Å². The number of benzene rings is 1. The van der Waals surface area contributed by atoms with Crippen molar-refractivity contribution in [1.29, 1.82) is 0 Å². The van der Waals surface area contributed by atoms with Crippen molar-refractivity contribution in [2.45, 2.75) is 25.9 Å². The van der Waals surface area contributed by atoms with Crippen molar-refractivity contribution in [3.8, 4) is 11.5 Å². The molecule has 0 bridgehead atoms. The van der Waals surface area contributed by atoms with Gasteiger partial charge >= 0.3 is 0 Å². The van der Waals surface area contributed by atoms with E-state index in [-0.39, 0.29) is 12.0 Å². The predicted molar refractivity (Wildman–Crippen MR) is 71.9 cm³/mol. The van der Waals surface area contributed by atoms with Crippen molar-refractivity contribution >= 4 is 11.6 Å². The smallest absolute Gasteiger partial charge is 0.253 e. The Kier molecular flexibility index (Phi) is 4.27. The summed E-state index contributed by atoms with van der Waals surface area (Å²) in [6.45, 7) is 2.57. The molecule has 1 fully saturated rings. The maximum Gasteiger partial charge on any atom is 0.253 e. The zero-order chi connectivity index (χ0) is 13.8. The van der Waals surface area contributed by atoms with E-state index in [1.165, 1.54) is 0 Å². The molecule has 1 amide bonds. The molecule has 1 heterocycles. The molecule has 1 unspecified atom stereocenters. The molecule has 0 aromatic heterocycles. The monoisotopic (exact) mass is 265 g/mol. The number of carbonyl (C=O) groups is 1. The van der Waals surface area contributed by atoms with E-state index in [1.54, 1.807) is 20.3 Å². The van der Waals surface area contributed by atoms with E-state index in [2.05, 4.69) is 5.32 Å². The van der Waals surface area contributed by atoms with Crippen LogP contribution < -0.4 is 14.8 Å². The van der Waals surface area contributed by atoms with Gasteiger partial charge in [-0.05, 0) is 31.4 Å². The lowest BCUT2D eigenvalue weighted by atomic mass is 10.1. The number of amides is 1. The van der Waals surface area contributed by atoms with Gasteiger partial charge in [0.1, 0.15) is 17.6 Å². The summed E-state index contributed by atoms with van der Waals surface area (Å²) in [7, 11) is 3.17. The van der Waals surface area contributed by atoms with Gasteiger partial charge in [0, 0.05) is 12.7 Å². The summed E-state index contributed by atoms with van der Waals surface area (Å²) >= 11 is 0. The van der Waals surface area contributed by atoms with Crippen molar-refractivity contribution < 1.29 is 19.0 Å². The summed E-state index contributed by atoms with van der Waals surface area (Å²) in [4.78, 5) is 12.0. The first-order valence-electron chi connectivity index (χ1n) is 6.30. The summed E-state index contributed by atoms with van der Waals surface area (Å²) in [5.74, 6) is 1.19. The Hall–Kier alpha value is -1.75. The molecule has 5 heteroatoms. The molecule has 1 aliphatic heterocycles. The van der Waals surface area contributed by atoms with Gasteiger partial charge in [0.2, 0.25) is 0 Å². The number of anilines is 1. The molecule has 1 atom stereocenters. The number of nitrogens with one attached hydrogen (secondary N) is 1.